The van der Waals surface area contributed by atoms with Crippen LogP contribution in [-0.4, -0.2) is 18.0 Å². The van der Waals surface area contributed by atoms with Crippen molar-refractivity contribution in [3.8, 4) is 0 Å². The first kappa shape index (κ1) is 12.5. The van der Waals surface area contributed by atoms with E-state index in [1.807, 2.05) is 7.11 Å². The summed E-state index contributed by atoms with van der Waals surface area (Å²) >= 11 is 3.81. The van der Waals surface area contributed by atoms with E-state index >= 15 is 0 Å². The summed E-state index contributed by atoms with van der Waals surface area (Å²) in [7, 11) is 1.81. The fraction of sp³-hybridized carbons (Fsp3) is 1.00. The first-order valence-electron chi connectivity index (χ1n) is 5.84. The van der Waals surface area contributed by atoms with E-state index in [0.29, 0.717) is 6.10 Å². The summed E-state index contributed by atoms with van der Waals surface area (Å²) in [6, 6.07) is 0. The van der Waals surface area contributed by atoms with E-state index in [1.165, 1.54) is 32.1 Å². The van der Waals surface area contributed by atoms with E-state index in [2.05, 4.69) is 29.8 Å². The third-order valence-electron chi connectivity index (χ3n) is 3.61. The van der Waals surface area contributed by atoms with Gasteiger partial charge in [0.05, 0.1) is 6.10 Å². The molecule has 0 aliphatic heterocycles. The van der Waals surface area contributed by atoms with Gasteiger partial charge in [0.2, 0.25) is 0 Å². The molecule has 0 aromatic rings. The first-order chi connectivity index (χ1) is 6.67. The number of halogens is 1. The molecule has 0 spiro atoms. The molecule has 0 N–H and O–H groups in total. The van der Waals surface area contributed by atoms with Crippen molar-refractivity contribution >= 4 is 15.9 Å². The number of alkyl halides is 1. The third-order valence-corrected chi connectivity index (χ3v) is 4.82. The van der Waals surface area contributed by atoms with Crippen LogP contribution < -0.4 is 0 Å². The van der Waals surface area contributed by atoms with Crippen LogP contribution in [0.5, 0.6) is 0 Å². The minimum Gasteiger partial charge on any atom is -0.382 e. The van der Waals surface area contributed by atoms with Crippen molar-refractivity contribution in [3.63, 3.8) is 0 Å². The molecule has 4 atom stereocenters. The number of methoxy groups -OCH3 is 1. The highest BCUT2D eigenvalue weighted by molar-refractivity contribution is 9.09. The molecule has 0 bridgehead atoms. The molecule has 2 heteroatoms. The van der Waals surface area contributed by atoms with Gasteiger partial charge >= 0.3 is 0 Å². The highest BCUT2D eigenvalue weighted by Gasteiger charge is 2.28. The Labute approximate surface area is 96.7 Å². The van der Waals surface area contributed by atoms with Crippen LogP contribution in [0.15, 0.2) is 0 Å². The summed E-state index contributed by atoms with van der Waals surface area (Å²) in [5.74, 6) is 1.78. The van der Waals surface area contributed by atoms with Crippen LogP contribution in [0.4, 0.5) is 0 Å². The maximum absolute atomic E-state index is 5.35. The van der Waals surface area contributed by atoms with Crippen LogP contribution >= 0.6 is 15.9 Å². The normalized spacial score (nSPS) is 35.6. The summed E-state index contributed by atoms with van der Waals surface area (Å²) in [5.41, 5.74) is 0. The van der Waals surface area contributed by atoms with Crippen LogP contribution in [0.2, 0.25) is 0 Å². The molecule has 14 heavy (non-hydrogen) atoms. The molecule has 1 aliphatic rings. The fourth-order valence-electron chi connectivity index (χ4n) is 2.46. The van der Waals surface area contributed by atoms with Crippen LogP contribution in [0, 0.1) is 11.8 Å². The van der Waals surface area contributed by atoms with Crippen molar-refractivity contribution in [2.75, 3.05) is 7.11 Å². The minimum absolute atomic E-state index is 0.413. The quantitative estimate of drug-likeness (QED) is 0.696. The second-order valence-electron chi connectivity index (χ2n) is 4.65. The molecule has 1 nitrogen and oxygen atoms in total. The highest BCUT2D eigenvalue weighted by atomic mass is 79.9. The van der Waals surface area contributed by atoms with Gasteiger partial charge in [-0.25, -0.2) is 0 Å². The van der Waals surface area contributed by atoms with Crippen molar-refractivity contribution < 1.29 is 4.74 Å². The van der Waals surface area contributed by atoms with Crippen LogP contribution in [0.1, 0.15) is 46.0 Å². The predicted molar refractivity (Wildman–Crippen MR) is 64.9 cm³/mol. The van der Waals surface area contributed by atoms with E-state index in [1.54, 1.807) is 0 Å². The lowest BCUT2D eigenvalue weighted by Gasteiger charge is -2.34. The maximum Gasteiger partial charge on any atom is 0.0546 e. The second kappa shape index (κ2) is 6.12. The van der Waals surface area contributed by atoms with Gasteiger partial charge in [0.1, 0.15) is 0 Å². The summed E-state index contributed by atoms with van der Waals surface area (Å²) in [6.45, 7) is 4.49. The Morgan fingerprint density at radius 1 is 1.43 bits per heavy atom. The van der Waals surface area contributed by atoms with Crippen molar-refractivity contribution in [2.45, 2.75) is 56.9 Å². The lowest BCUT2D eigenvalue weighted by molar-refractivity contribution is 0.0837. The molecule has 0 amide bonds. The monoisotopic (exact) mass is 262 g/mol. The van der Waals surface area contributed by atoms with Gasteiger partial charge in [0.15, 0.2) is 0 Å². The van der Waals surface area contributed by atoms with Crippen molar-refractivity contribution in [3.05, 3.63) is 0 Å². The molecule has 84 valence electrons. The molecule has 0 saturated heterocycles. The van der Waals surface area contributed by atoms with E-state index in [4.69, 9.17) is 4.74 Å². The molecule has 1 saturated carbocycles. The average Bonchev–Trinajstić information content (AvgIpc) is 2.21. The second-order valence-corrected chi connectivity index (χ2v) is 5.82. The molecule has 4 unspecified atom stereocenters. The van der Waals surface area contributed by atoms with Crippen LogP contribution in [0.25, 0.3) is 0 Å². The minimum atomic E-state index is 0.413. The van der Waals surface area contributed by atoms with Crippen molar-refractivity contribution in [2.24, 2.45) is 11.8 Å². The SMILES string of the molecule is CCC1CCC(Br)C(CC(C)OC)C1. The zero-order valence-electron chi connectivity index (χ0n) is 9.63. The van der Waals surface area contributed by atoms with E-state index in [-0.39, 0.29) is 0 Å². The highest BCUT2D eigenvalue weighted by Crippen LogP contribution is 2.37. The molecule has 0 aromatic carbocycles. The van der Waals surface area contributed by atoms with Gasteiger partial charge in [0, 0.05) is 11.9 Å². The fourth-order valence-corrected chi connectivity index (χ4v) is 3.16. The number of hydrogen-bond acceptors (Lipinski definition) is 1. The van der Waals surface area contributed by atoms with Crippen LogP contribution in [0.3, 0.4) is 0 Å². The standard InChI is InChI=1S/C12H23BrO/c1-4-10-5-6-12(13)11(8-10)7-9(2)14-3/h9-12H,4-8H2,1-3H3. The Bertz CT molecular complexity index is 158. The average molecular weight is 263 g/mol. The van der Waals surface area contributed by atoms with E-state index in [9.17, 15) is 0 Å². The summed E-state index contributed by atoms with van der Waals surface area (Å²) in [5, 5.41) is 0. The predicted octanol–water partition coefficient (Wildman–Crippen LogP) is 4.00. The van der Waals surface area contributed by atoms with Gasteiger partial charge in [-0.15, -0.1) is 0 Å². The molecular weight excluding hydrogens is 240 g/mol. The molecule has 0 heterocycles. The number of rotatable bonds is 4. The largest absolute Gasteiger partial charge is 0.382 e. The Kier molecular flexibility index (Phi) is 5.47. The molecule has 0 aromatic heterocycles. The topological polar surface area (TPSA) is 9.23 Å². The van der Waals surface area contributed by atoms with Gasteiger partial charge in [-0.05, 0) is 44.4 Å². The van der Waals surface area contributed by atoms with E-state index in [0.717, 1.165) is 16.7 Å². The van der Waals surface area contributed by atoms with Gasteiger partial charge < -0.3 is 4.74 Å². The third kappa shape index (κ3) is 3.54. The molecule has 0 radical (unpaired) electrons. The maximum atomic E-state index is 5.35. The smallest absolute Gasteiger partial charge is 0.0546 e. The molecule has 1 fully saturated rings. The Balaban J connectivity index is 2.40. The van der Waals surface area contributed by atoms with Crippen LogP contribution in [-0.2, 0) is 4.74 Å². The lowest BCUT2D eigenvalue weighted by atomic mass is 9.78. The Morgan fingerprint density at radius 3 is 2.71 bits per heavy atom. The van der Waals surface area contributed by atoms with E-state index < -0.39 is 0 Å². The summed E-state index contributed by atoms with van der Waals surface area (Å²) in [4.78, 5) is 0.725. The first-order valence-corrected chi connectivity index (χ1v) is 6.75. The van der Waals surface area contributed by atoms with Gasteiger partial charge in [-0.1, -0.05) is 29.3 Å². The molecule has 1 rings (SSSR count). The van der Waals surface area contributed by atoms with Crippen molar-refractivity contribution in [1.29, 1.82) is 0 Å². The summed E-state index contributed by atoms with van der Waals surface area (Å²) in [6.07, 6.45) is 7.11. The zero-order valence-corrected chi connectivity index (χ0v) is 11.2. The Hall–Kier alpha value is 0.440. The zero-order chi connectivity index (χ0) is 10.6. The molecular formula is C12H23BrO. The van der Waals surface area contributed by atoms with Crippen molar-refractivity contribution in [1.82, 2.24) is 0 Å². The number of hydrogen-bond donors (Lipinski definition) is 0. The lowest BCUT2D eigenvalue weighted by Crippen LogP contribution is -2.28. The van der Waals surface area contributed by atoms with Gasteiger partial charge in [0.25, 0.3) is 0 Å². The Morgan fingerprint density at radius 2 is 2.14 bits per heavy atom. The molecule has 1 aliphatic carbocycles. The number of ether oxygens (including phenoxy) is 1. The summed E-state index contributed by atoms with van der Waals surface area (Å²) < 4.78 is 5.35. The van der Waals surface area contributed by atoms with Gasteiger partial charge in [-0.3, -0.25) is 0 Å². The van der Waals surface area contributed by atoms with Gasteiger partial charge in [-0.2, -0.15) is 0 Å².